The van der Waals surface area contributed by atoms with E-state index in [4.69, 9.17) is 0 Å². The van der Waals surface area contributed by atoms with Gasteiger partial charge in [-0.15, -0.1) is 0 Å². The Morgan fingerprint density at radius 2 is 2.44 bits per heavy atom. The fourth-order valence-corrected chi connectivity index (χ4v) is 1.32. The van der Waals surface area contributed by atoms with Crippen molar-refractivity contribution in [1.29, 1.82) is 0 Å². The van der Waals surface area contributed by atoms with Crippen LogP contribution in [0.15, 0.2) is 12.3 Å². The highest BCUT2D eigenvalue weighted by Gasteiger charge is 2.15. The van der Waals surface area contributed by atoms with Crippen LogP contribution in [0, 0.1) is 5.92 Å². The van der Waals surface area contributed by atoms with Crippen LogP contribution in [0.2, 0.25) is 0 Å². The lowest BCUT2D eigenvalue weighted by Crippen LogP contribution is -2.28. The summed E-state index contributed by atoms with van der Waals surface area (Å²) < 4.78 is 0. The average Bonchev–Trinajstić information content (AvgIpc) is 1.83. The Morgan fingerprint density at radius 3 is 2.89 bits per heavy atom. The van der Waals surface area contributed by atoms with Gasteiger partial charge in [-0.25, -0.2) is 0 Å². The lowest BCUT2D eigenvalue weighted by atomic mass is 9.94. The standard InChI is InChI=1S/C7H14BN/c1-6-4-3-5-9(8)7(6)2/h6H,2-5,8H2,1H3. The fourth-order valence-electron chi connectivity index (χ4n) is 1.32. The molecule has 0 aliphatic carbocycles. The minimum atomic E-state index is 0.712. The van der Waals surface area contributed by atoms with Gasteiger partial charge in [-0.3, -0.25) is 0 Å². The van der Waals surface area contributed by atoms with E-state index in [2.05, 4.69) is 26.3 Å². The summed E-state index contributed by atoms with van der Waals surface area (Å²) in [5.41, 5.74) is 1.31. The summed E-state index contributed by atoms with van der Waals surface area (Å²) in [5, 5.41) is 0. The topological polar surface area (TPSA) is 3.24 Å². The van der Waals surface area contributed by atoms with Crippen molar-refractivity contribution in [2.24, 2.45) is 5.92 Å². The van der Waals surface area contributed by atoms with Crippen molar-refractivity contribution < 1.29 is 0 Å². The molecule has 0 aromatic rings. The molecule has 0 N–H and O–H groups in total. The molecule has 1 unspecified atom stereocenters. The van der Waals surface area contributed by atoms with Crippen molar-refractivity contribution in [3.8, 4) is 0 Å². The van der Waals surface area contributed by atoms with Gasteiger partial charge in [0.1, 0.15) is 0 Å². The van der Waals surface area contributed by atoms with Gasteiger partial charge in [0.05, 0.1) is 0 Å². The Kier molecular flexibility index (Phi) is 1.84. The van der Waals surface area contributed by atoms with Crippen molar-refractivity contribution in [3.05, 3.63) is 12.3 Å². The maximum absolute atomic E-state index is 4.00. The zero-order chi connectivity index (χ0) is 6.85. The molecule has 1 heterocycles. The van der Waals surface area contributed by atoms with Gasteiger partial charge in [0, 0.05) is 6.54 Å². The number of nitrogens with zero attached hydrogens (tertiary/aromatic N) is 1. The predicted octanol–water partition coefficient (Wildman–Crippen LogP) is 0.780. The number of rotatable bonds is 0. The first-order valence-electron chi connectivity index (χ1n) is 3.61. The van der Waals surface area contributed by atoms with Crippen molar-refractivity contribution >= 4 is 7.98 Å². The molecule has 0 radical (unpaired) electrons. The molecule has 0 aromatic heterocycles. The number of allylic oxidation sites excluding steroid dienone is 1. The van der Waals surface area contributed by atoms with Gasteiger partial charge < -0.3 is 4.81 Å². The van der Waals surface area contributed by atoms with Crippen LogP contribution in [-0.2, 0) is 0 Å². The number of hydrogen-bond donors (Lipinski definition) is 0. The van der Waals surface area contributed by atoms with E-state index in [1.165, 1.54) is 25.1 Å². The Hall–Kier alpha value is -0.395. The smallest absolute Gasteiger partial charge is 0.217 e. The summed E-state index contributed by atoms with van der Waals surface area (Å²) in [6.45, 7) is 7.45. The van der Waals surface area contributed by atoms with Crippen LogP contribution in [0.1, 0.15) is 19.8 Å². The molecule has 1 nitrogen and oxygen atoms in total. The van der Waals surface area contributed by atoms with Crippen LogP contribution in [0.4, 0.5) is 0 Å². The fraction of sp³-hybridized carbons (Fsp3) is 0.714. The summed E-state index contributed by atoms with van der Waals surface area (Å²) in [6, 6.07) is 0. The molecule has 1 rings (SSSR count). The summed E-state index contributed by atoms with van der Waals surface area (Å²) in [6.07, 6.45) is 2.65. The first-order chi connectivity index (χ1) is 4.22. The molecule has 1 fully saturated rings. The van der Waals surface area contributed by atoms with E-state index in [0.717, 1.165) is 0 Å². The van der Waals surface area contributed by atoms with Gasteiger partial charge >= 0.3 is 0 Å². The molecule has 1 aliphatic heterocycles. The molecule has 1 saturated heterocycles. The molecule has 1 aliphatic rings. The zero-order valence-electron chi connectivity index (χ0n) is 6.35. The van der Waals surface area contributed by atoms with Gasteiger partial charge in [0.25, 0.3) is 0 Å². The van der Waals surface area contributed by atoms with E-state index >= 15 is 0 Å². The second-order valence-electron chi connectivity index (χ2n) is 2.96. The van der Waals surface area contributed by atoms with E-state index in [1.807, 2.05) is 0 Å². The predicted molar refractivity (Wildman–Crippen MR) is 42.8 cm³/mol. The molecular formula is C7H14BN. The lowest BCUT2D eigenvalue weighted by molar-refractivity contribution is 0.368. The van der Waals surface area contributed by atoms with Crippen LogP contribution in [0.5, 0.6) is 0 Å². The third-order valence-electron chi connectivity index (χ3n) is 2.19. The Morgan fingerprint density at radius 1 is 1.78 bits per heavy atom. The van der Waals surface area contributed by atoms with E-state index in [-0.39, 0.29) is 0 Å². The molecule has 2 heteroatoms. The van der Waals surface area contributed by atoms with Gasteiger partial charge in [0.2, 0.25) is 7.98 Å². The molecular weight excluding hydrogens is 109 g/mol. The van der Waals surface area contributed by atoms with Gasteiger partial charge in [-0.05, 0) is 24.5 Å². The molecule has 0 aromatic carbocycles. The molecule has 0 spiro atoms. The van der Waals surface area contributed by atoms with E-state index in [9.17, 15) is 0 Å². The monoisotopic (exact) mass is 123 g/mol. The van der Waals surface area contributed by atoms with Gasteiger partial charge in [0.15, 0.2) is 0 Å². The highest BCUT2D eigenvalue weighted by Crippen LogP contribution is 2.22. The Labute approximate surface area is 58.2 Å². The summed E-state index contributed by atoms with van der Waals surface area (Å²) in [7, 11) is 2.12. The van der Waals surface area contributed by atoms with Crippen molar-refractivity contribution in [2.75, 3.05) is 6.54 Å². The Balaban J connectivity index is 2.52. The van der Waals surface area contributed by atoms with Crippen LogP contribution >= 0.6 is 0 Å². The van der Waals surface area contributed by atoms with Crippen LogP contribution in [0.3, 0.4) is 0 Å². The molecule has 0 bridgehead atoms. The molecule has 1 atom stereocenters. The second kappa shape index (κ2) is 2.46. The highest BCUT2D eigenvalue weighted by atomic mass is 15.0. The quantitative estimate of drug-likeness (QED) is 0.430. The minimum Gasteiger partial charge on any atom is -0.425 e. The largest absolute Gasteiger partial charge is 0.425 e. The maximum Gasteiger partial charge on any atom is 0.217 e. The SMILES string of the molecule is BN1CCCC(C)C1=C. The second-order valence-corrected chi connectivity index (χ2v) is 2.96. The van der Waals surface area contributed by atoms with E-state index in [1.54, 1.807) is 0 Å². The third kappa shape index (κ3) is 1.29. The van der Waals surface area contributed by atoms with Crippen LogP contribution in [-0.4, -0.2) is 19.3 Å². The normalized spacial score (nSPS) is 28.8. The van der Waals surface area contributed by atoms with E-state index < -0.39 is 0 Å². The van der Waals surface area contributed by atoms with Crippen molar-refractivity contribution in [1.82, 2.24) is 4.81 Å². The first-order valence-corrected chi connectivity index (χ1v) is 3.61. The average molecular weight is 123 g/mol. The van der Waals surface area contributed by atoms with Crippen molar-refractivity contribution in [3.63, 3.8) is 0 Å². The molecule has 9 heavy (non-hydrogen) atoms. The van der Waals surface area contributed by atoms with Crippen LogP contribution in [0.25, 0.3) is 0 Å². The Bertz CT molecular complexity index is 110. The number of piperidine rings is 1. The van der Waals surface area contributed by atoms with Crippen LogP contribution < -0.4 is 0 Å². The molecule has 0 saturated carbocycles. The third-order valence-corrected chi connectivity index (χ3v) is 2.19. The maximum atomic E-state index is 4.00. The zero-order valence-corrected chi connectivity index (χ0v) is 6.35. The molecule has 50 valence electrons. The lowest BCUT2D eigenvalue weighted by Gasteiger charge is -2.32. The highest BCUT2D eigenvalue weighted by molar-refractivity contribution is 6.05. The minimum absolute atomic E-state index is 0.712. The summed E-state index contributed by atoms with van der Waals surface area (Å²) in [5.74, 6) is 0.712. The van der Waals surface area contributed by atoms with Gasteiger partial charge in [-0.1, -0.05) is 13.5 Å². The van der Waals surface area contributed by atoms with E-state index in [0.29, 0.717) is 5.92 Å². The summed E-state index contributed by atoms with van der Waals surface area (Å²) >= 11 is 0. The van der Waals surface area contributed by atoms with Gasteiger partial charge in [-0.2, -0.15) is 0 Å². The van der Waals surface area contributed by atoms with Crippen molar-refractivity contribution in [2.45, 2.75) is 19.8 Å². The summed E-state index contributed by atoms with van der Waals surface area (Å²) in [4.78, 5) is 2.26. The number of hydrogen-bond acceptors (Lipinski definition) is 1. The first kappa shape index (κ1) is 6.72. The molecule has 0 amide bonds.